The summed E-state index contributed by atoms with van der Waals surface area (Å²) in [4.78, 5) is 27.4. The Kier molecular flexibility index (Phi) is 5.80. The molecule has 0 aliphatic carbocycles. The van der Waals surface area contributed by atoms with E-state index in [0.29, 0.717) is 25.3 Å². The molecule has 1 rings (SSSR count). The zero-order valence-electron chi connectivity index (χ0n) is 13.0. The van der Waals surface area contributed by atoms with Crippen molar-refractivity contribution in [3.63, 3.8) is 0 Å². The van der Waals surface area contributed by atoms with Gasteiger partial charge in [0.05, 0.1) is 0 Å². The lowest BCUT2D eigenvalue weighted by Crippen LogP contribution is -2.57. The van der Waals surface area contributed by atoms with Gasteiger partial charge in [-0.3, -0.25) is 0 Å². The first kappa shape index (κ1) is 16.8. The maximum absolute atomic E-state index is 12.2. The van der Waals surface area contributed by atoms with E-state index in [2.05, 4.69) is 17.3 Å². The van der Waals surface area contributed by atoms with E-state index in [-0.39, 0.29) is 6.03 Å². The highest BCUT2D eigenvalue weighted by Gasteiger charge is 2.37. The fourth-order valence-corrected chi connectivity index (χ4v) is 2.73. The average molecular weight is 285 g/mol. The molecule has 0 saturated carbocycles. The molecule has 1 saturated heterocycles. The van der Waals surface area contributed by atoms with Crippen LogP contribution in [0.25, 0.3) is 0 Å². The molecule has 20 heavy (non-hydrogen) atoms. The van der Waals surface area contributed by atoms with E-state index in [1.165, 1.54) is 0 Å². The number of carboxylic acid groups (broad SMARTS) is 1. The lowest BCUT2D eigenvalue weighted by Gasteiger charge is -2.31. The van der Waals surface area contributed by atoms with Crippen molar-refractivity contribution in [1.82, 2.24) is 15.1 Å². The third-order valence-corrected chi connectivity index (χ3v) is 4.33. The van der Waals surface area contributed by atoms with Crippen LogP contribution in [0, 0.1) is 5.92 Å². The molecule has 1 aliphatic heterocycles. The van der Waals surface area contributed by atoms with E-state index in [9.17, 15) is 14.7 Å². The number of carbonyl (C=O) groups is 2. The van der Waals surface area contributed by atoms with Gasteiger partial charge in [-0.05, 0) is 38.8 Å². The smallest absolute Gasteiger partial charge is 0.329 e. The minimum Gasteiger partial charge on any atom is -0.480 e. The summed E-state index contributed by atoms with van der Waals surface area (Å²) in [7, 11) is 3.80. The molecule has 0 aromatic carbocycles. The summed E-state index contributed by atoms with van der Waals surface area (Å²) >= 11 is 0. The number of likely N-dealkylation sites (tertiary alicyclic amines) is 1. The Hall–Kier alpha value is -1.30. The quantitative estimate of drug-likeness (QED) is 0.769. The number of urea groups is 1. The fourth-order valence-electron chi connectivity index (χ4n) is 2.73. The van der Waals surface area contributed by atoms with E-state index < -0.39 is 11.5 Å². The van der Waals surface area contributed by atoms with Gasteiger partial charge in [-0.1, -0.05) is 13.8 Å². The van der Waals surface area contributed by atoms with Gasteiger partial charge in [0, 0.05) is 20.1 Å². The highest BCUT2D eigenvalue weighted by molar-refractivity contribution is 5.86. The summed E-state index contributed by atoms with van der Waals surface area (Å²) < 4.78 is 0. The van der Waals surface area contributed by atoms with Gasteiger partial charge in [0.25, 0.3) is 0 Å². The predicted octanol–water partition coefficient (Wildman–Crippen LogP) is 1.22. The molecule has 1 unspecified atom stereocenters. The Morgan fingerprint density at radius 3 is 2.40 bits per heavy atom. The minimum atomic E-state index is -1.15. The van der Waals surface area contributed by atoms with Crippen molar-refractivity contribution in [2.45, 2.75) is 38.6 Å². The van der Waals surface area contributed by atoms with Crippen LogP contribution >= 0.6 is 0 Å². The van der Waals surface area contributed by atoms with Gasteiger partial charge < -0.3 is 20.2 Å². The Labute approximate surface area is 121 Å². The topological polar surface area (TPSA) is 72.9 Å². The summed E-state index contributed by atoms with van der Waals surface area (Å²) in [6.45, 7) is 6.28. The molecule has 6 nitrogen and oxygen atoms in total. The van der Waals surface area contributed by atoms with Gasteiger partial charge in [0.1, 0.15) is 5.54 Å². The molecule has 116 valence electrons. The third kappa shape index (κ3) is 3.85. The van der Waals surface area contributed by atoms with Crippen LogP contribution in [0.4, 0.5) is 4.79 Å². The summed E-state index contributed by atoms with van der Waals surface area (Å²) in [5.41, 5.74) is -1.15. The van der Waals surface area contributed by atoms with Crippen LogP contribution in [0.2, 0.25) is 0 Å². The summed E-state index contributed by atoms with van der Waals surface area (Å²) in [6, 6.07) is -0.300. The molecule has 6 heteroatoms. The van der Waals surface area contributed by atoms with Crippen molar-refractivity contribution in [2.24, 2.45) is 5.92 Å². The zero-order valence-corrected chi connectivity index (χ0v) is 13.0. The molecule has 0 spiro atoms. The van der Waals surface area contributed by atoms with E-state index in [4.69, 9.17) is 0 Å². The molecule has 2 amide bonds. The van der Waals surface area contributed by atoms with Crippen LogP contribution in [-0.2, 0) is 4.79 Å². The molecule has 1 atom stereocenters. The molecule has 1 fully saturated rings. The first-order valence-corrected chi connectivity index (χ1v) is 7.29. The summed E-state index contributed by atoms with van der Waals surface area (Å²) in [5, 5.41) is 12.0. The normalized spacial score (nSPS) is 19.9. The monoisotopic (exact) mass is 285 g/mol. The second-order valence-electron chi connectivity index (χ2n) is 5.82. The second kappa shape index (κ2) is 6.92. The van der Waals surface area contributed by atoms with Crippen molar-refractivity contribution >= 4 is 12.0 Å². The molecular weight excluding hydrogens is 258 g/mol. The highest BCUT2D eigenvalue weighted by Crippen LogP contribution is 2.18. The first-order chi connectivity index (χ1) is 9.34. The third-order valence-electron chi connectivity index (χ3n) is 4.33. The molecule has 0 radical (unpaired) electrons. The minimum absolute atomic E-state index is 0.300. The van der Waals surface area contributed by atoms with Gasteiger partial charge in [-0.2, -0.15) is 0 Å². The predicted molar refractivity (Wildman–Crippen MR) is 77.7 cm³/mol. The number of rotatable bonds is 6. The summed E-state index contributed by atoms with van der Waals surface area (Å²) in [5.74, 6) is -0.497. The lowest BCUT2D eigenvalue weighted by atomic mass is 9.93. The lowest BCUT2D eigenvalue weighted by molar-refractivity contribution is -0.144. The number of carbonyl (C=O) groups excluding carboxylic acids is 1. The SMILES string of the molecule is CCC(CC)(NC(=O)N(C)CC1CCN(C)C1)C(=O)O. The largest absolute Gasteiger partial charge is 0.480 e. The number of carboxylic acids is 1. The van der Waals surface area contributed by atoms with Crippen molar-refractivity contribution in [1.29, 1.82) is 0 Å². The number of amides is 2. The maximum atomic E-state index is 12.2. The summed E-state index contributed by atoms with van der Waals surface area (Å²) in [6.07, 6.45) is 1.84. The van der Waals surface area contributed by atoms with Crippen LogP contribution < -0.4 is 5.32 Å². The van der Waals surface area contributed by atoms with Crippen LogP contribution in [0.5, 0.6) is 0 Å². The average Bonchev–Trinajstić information content (AvgIpc) is 2.80. The Bertz CT molecular complexity index is 356. The number of hydrogen-bond donors (Lipinski definition) is 2. The van der Waals surface area contributed by atoms with Crippen LogP contribution in [0.3, 0.4) is 0 Å². The molecule has 1 aliphatic rings. The molecule has 0 aromatic rings. The van der Waals surface area contributed by atoms with Crippen LogP contribution in [0.15, 0.2) is 0 Å². The van der Waals surface area contributed by atoms with Crippen molar-refractivity contribution < 1.29 is 14.7 Å². The second-order valence-corrected chi connectivity index (χ2v) is 5.82. The standard InChI is InChI=1S/C14H27N3O3/c1-5-14(6-2,12(18)19)15-13(20)17(4)10-11-7-8-16(3)9-11/h11H,5-10H2,1-4H3,(H,15,20)(H,18,19). The first-order valence-electron chi connectivity index (χ1n) is 7.29. The Morgan fingerprint density at radius 2 is 2.00 bits per heavy atom. The van der Waals surface area contributed by atoms with Crippen molar-refractivity contribution in [3.8, 4) is 0 Å². The van der Waals surface area contributed by atoms with Gasteiger partial charge in [0.2, 0.25) is 0 Å². The molecule has 0 aromatic heterocycles. The van der Waals surface area contributed by atoms with Crippen molar-refractivity contribution in [3.05, 3.63) is 0 Å². The number of nitrogens with one attached hydrogen (secondary N) is 1. The number of hydrogen-bond acceptors (Lipinski definition) is 3. The van der Waals surface area contributed by atoms with E-state index in [1.807, 2.05) is 0 Å². The molecule has 1 heterocycles. The molecular formula is C14H27N3O3. The Balaban J connectivity index is 2.58. The molecule has 0 bridgehead atoms. The van der Waals surface area contributed by atoms with E-state index >= 15 is 0 Å². The maximum Gasteiger partial charge on any atom is 0.329 e. The highest BCUT2D eigenvalue weighted by atomic mass is 16.4. The number of nitrogens with zero attached hydrogens (tertiary/aromatic N) is 2. The Morgan fingerprint density at radius 1 is 1.40 bits per heavy atom. The van der Waals surface area contributed by atoms with Crippen LogP contribution in [0.1, 0.15) is 33.1 Å². The molecule has 2 N–H and O–H groups in total. The van der Waals surface area contributed by atoms with E-state index in [1.54, 1.807) is 25.8 Å². The fraction of sp³-hybridized carbons (Fsp3) is 0.857. The van der Waals surface area contributed by atoms with Crippen molar-refractivity contribution in [2.75, 3.05) is 33.7 Å². The van der Waals surface area contributed by atoms with E-state index in [0.717, 1.165) is 19.5 Å². The number of aliphatic carboxylic acids is 1. The van der Waals surface area contributed by atoms with Gasteiger partial charge in [-0.25, -0.2) is 9.59 Å². The zero-order chi connectivity index (χ0) is 15.3. The van der Waals surface area contributed by atoms with Gasteiger partial charge in [0.15, 0.2) is 0 Å². The van der Waals surface area contributed by atoms with Gasteiger partial charge in [-0.15, -0.1) is 0 Å². The van der Waals surface area contributed by atoms with Crippen LogP contribution in [-0.4, -0.2) is 66.2 Å². The van der Waals surface area contributed by atoms with Gasteiger partial charge >= 0.3 is 12.0 Å².